The van der Waals surface area contributed by atoms with Crippen molar-refractivity contribution in [3.8, 4) is 0 Å². The first-order chi connectivity index (χ1) is 8.50. The largest absolute Gasteiger partial charge is 0.477 e. The number of carboxylic acids is 1. The Bertz CT molecular complexity index is 469. The topological polar surface area (TPSA) is 89.5 Å². The zero-order valence-corrected chi connectivity index (χ0v) is 10.4. The minimum absolute atomic E-state index is 0.0121. The van der Waals surface area contributed by atoms with Crippen LogP contribution in [0.4, 0.5) is 0 Å². The van der Waals surface area contributed by atoms with E-state index in [1.54, 1.807) is 4.90 Å². The van der Waals surface area contributed by atoms with Crippen molar-refractivity contribution >= 4 is 11.9 Å². The number of rotatable bonds is 3. The molecule has 98 valence electrons. The van der Waals surface area contributed by atoms with Crippen LogP contribution in [0.2, 0.25) is 0 Å². The van der Waals surface area contributed by atoms with Crippen LogP contribution < -0.4 is 0 Å². The Morgan fingerprint density at radius 3 is 2.83 bits per heavy atom. The van der Waals surface area contributed by atoms with Gasteiger partial charge in [0.2, 0.25) is 0 Å². The van der Waals surface area contributed by atoms with Crippen molar-refractivity contribution in [2.24, 2.45) is 0 Å². The minimum Gasteiger partial charge on any atom is -0.477 e. The number of carboxylic acid groups (broad SMARTS) is 1. The molecule has 0 saturated carbocycles. The summed E-state index contributed by atoms with van der Waals surface area (Å²) in [6.07, 6.45) is 2.13. The molecule has 1 aliphatic heterocycles. The van der Waals surface area contributed by atoms with Gasteiger partial charge in [0.1, 0.15) is 0 Å². The molecule has 1 amide bonds. The third-order valence-corrected chi connectivity index (χ3v) is 3.24. The van der Waals surface area contributed by atoms with E-state index < -0.39 is 5.97 Å². The molecule has 1 unspecified atom stereocenters. The highest BCUT2D eigenvalue weighted by molar-refractivity contribution is 6.02. The van der Waals surface area contributed by atoms with E-state index in [0.717, 1.165) is 6.42 Å². The molecule has 2 heterocycles. The molecule has 2 rings (SSSR count). The van der Waals surface area contributed by atoms with Crippen molar-refractivity contribution in [3.05, 3.63) is 17.7 Å². The van der Waals surface area contributed by atoms with E-state index in [2.05, 4.69) is 14.9 Å². The van der Waals surface area contributed by atoms with Crippen molar-refractivity contribution in [2.75, 3.05) is 27.2 Å². The quantitative estimate of drug-likeness (QED) is 0.783. The maximum absolute atomic E-state index is 12.2. The van der Waals surface area contributed by atoms with E-state index in [1.807, 2.05) is 14.1 Å². The van der Waals surface area contributed by atoms with Gasteiger partial charge in [-0.25, -0.2) is 9.78 Å². The Morgan fingerprint density at radius 1 is 1.56 bits per heavy atom. The molecule has 0 spiro atoms. The number of likely N-dealkylation sites (tertiary alicyclic amines) is 1. The lowest BCUT2D eigenvalue weighted by atomic mass is 10.2. The second-order valence-electron chi connectivity index (χ2n) is 4.59. The lowest BCUT2D eigenvalue weighted by molar-refractivity contribution is 0.0673. The van der Waals surface area contributed by atoms with E-state index in [9.17, 15) is 9.59 Å². The van der Waals surface area contributed by atoms with Crippen LogP contribution >= 0.6 is 0 Å². The summed E-state index contributed by atoms with van der Waals surface area (Å²) in [5.74, 6) is -1.49. The fourth-order valence-electron chi connectivity index (χ4n) is 2.12. The summed E-state index contributed by atoms with van der Waals surface area (Å²) in [5.41, 5.74) is -0.157. The number of carbonyl (C=O) groups excluding carboxylic acids is 1. The third-order valence-electron chi connectivity index (χ3n) is 3.24. The number of hydrogen-bond acceptors (Lipinski definition) is 4. The molecular weight excluding hydrogens is 236 g/mol. The average Bonchev–Trinajstić information content (AvgIpc) is 2.97. The Labute approximate surface area is 104 Å². The monoisotopic (exact) mass is 252 g/mol. The van der Waals surface area contributed by atoms with Gasteiger partial charge in [0.15, 0.2) is 11.4 Å². The second kappa shape index (κ2) is 4.77. The van der Waals surface area contributed by atoms with Gasteiger partial charge in [-0.05, 0) is 20.5 Å². The molecule has 18 heavy (non-hydrogen) atoms. The molecule has 7 heteroatoms. The molecule has 1 aromatic rings. The van der Waals surface area contributed by atoms with Crippen molar-refractivity contribution in [1.29, 1.82) is 0 Å². The van der Waals surface area contributed by atoms with Gasteiger partial charge in [-0.1, -0.05) is 0 Å². The highest BCUT2D eigenvalue weighted by Gasteiger charge is 2.31. The SMILES string of the molecule is CN(C)C1CCN(C(=O)c2nc[nH]c2C(=O)O)C1. The standard InChI is InChI=1S/C11H16N4O3/c1-14(2)7-3-4-15(5-7)10(16)8-9(11(17)18)13-6-12-8/h6-7H,3-5H2,1-2H3,(H,12,13)(H,17,18). The van der Waals surface area contributed by atoms with Crippen molar-refractivity contribution in [2.45, 2.75) is 12.5 Å². The Morgan fingerprint density at radius 2 is 2.28 bits per heavy atom. The fraction of sp³-hybridized carbons (Fsp3) is 0.545. The molecule has 0 radical (unpaired) electrons. The molecule has 1 fully saturated rings. The summed E-state index contributed by atoms with van der Waals surface area (Å²) in [7, 11) is 3.94. The molecule has 0 aromatic carbocycles. The smallest absolute Gasteiger partial charge is 0.354 e. The molecule has 1 saturated heterocycles. The molecule has 1 aromatic heterocycles. The predicted octanol–water partition coefficient (Wildman–Crippen LogP) is -0.116. The van der Waals surface area contributed by atoms with Crippen LogP contribution in [0, 0.1) is 0 Å². The van der Waals surface area contributed by atoms with Crippen LogP contribution in [-0.2, 0) is 0 Å². The predicted molar refractivity (Wildman–Crippen MR) is 63.5 cm³/mol. The van der Waals surface area contributed by atoms with Crippen LogP contribution in [0.5, 0.6) is 0 Å². The number of hydrogen-bond donors (Lipinski definition) is 2. The molecule has 1 atom stereocenters. The number of aromatic carboxylic acids is 1. The molecule has 7 nitrogen and oxygen atoms in total. The summed E-state index contributed by atoms with van der Waals surface area (Å²) >= 11 is 0. The molecule has 1 aliphatic rings. The van der Waals surface area contributed by atoms with Crippen molar-refractivity contribution in [1.82, 2.24) is 19.8 Å². The zero-order valence-electron chi connectivity index (χ0n) is 10.4. The van der Waals surface area contributed by atoms with E-state index in [4.69, 9.17) is 5.11 Å². The third kappa shape index (κ3) is 2.21. The highest BCUT2D eigenvalue weighted by Crippen LogP contribution is 2.16. The first kappa shape index (κ1) is 12.6. The number of imidazole rings is 1. The number of carbonyl (C=O) groups is 2. The Kier molecular flexibility index (Phi) is 3.33. The summed E-state index contributed by atoms with van der Waals surface area (Å²) in [5, 5.41) is 8.94. The summed E-state index contributed by atoms with van der Waals surface area (Å²) in [6.45, 7) is 1.24. The van der Waals surface area contributed by atoms with Crippen LogP contribution in [0.3, 0.4) is 0 Å². The number of nitrogens with one attached hydrogen (secondary N) is 1. The summed E-state index contributed by atoms with van der Waals surface area (Å²) in [6, 6.07) is 0.321. The average molecular weight is 252 g/mol. The van der Waals surface area contributed by atoms with Crippen LogP contribution in [0.25, 0.3) is 0 Å². The highest BCUT2D eigenvalue weighted by atomic mass is 16.4. The van der Waals surface area contributed by atoms with E-state index in [1.165, 1.54) is 6.33 Å². The lowest BCUT2D eigenvalue weighted by Crippen LogP contribution is -2.35. The Hall–Kier alpha value is -1.89. The first-order valence-electron chi connectivity index (χ1n) is 5.73. The molecule has 0 aliphatic carbocycles. The molecule has 2 N–H and O–H groups in total. The van der Waals surface area contributed by atoms with E-state index in [0.29, 0.717) is 19.1 Å². The summed E-state index contributed by atoms with van der Waals surface area (Å²) < 4.78 is 0. The van der Waals surface area contributed by atoms with Crippen LogP contribution in [-0.4, -0.2) is 70.0 Å². The Balaban J connectivity index is 2.13. The second-order valence-corrected chi connectivity index (χ2v) is 4.59. The van der Waals surface area contributed by atoms with Crippen molar-refractivity contribution < 1.29 is 14.7 Å². The fourth-order valence-corrected chi connectivity index (χ4v) is 2.12. The molecule has 0 bridgehead atoms. The van der Waals surface area contributed by atoms with Gasteiger partial charge in [0, 0.05) is 19.1 Å². The number of aromatic nitrogens is 2. The maximum atomic E-state index is 12.2. The molecular formula is C11H16N4O3. The number of nitrogens with zero attached hydrogens (tertiary/aromatic N) is 3. The number of aromatic amines is 1. The first-order valence-corrected chi connectivity index (χ1v) is 5.73. The van der Waals surface area contributed by atoms with Crippen LogP contribution in [0.15, 0.2) is 6.33 Å². The maximum Gasteiger partial charge on any atom is 0.354 e. The van der Waals surface area contributed by atoms with Gasteiger partial charge < -0.3 is 19.9 Å². The summed E-state index contributed by atoms with van der Waals surface area (Å²) in [4.78, 5) is 33.1. The van der Waals surface area contributed by atoms with Gasteiger partial charge in [-0.15, -0.1) is 0 Å². The van der Waals surface area contributed by atoms with E-state index in [-0.39, 0.29) is 17.3 Å². The van der Waals surface area contributed by atoms with Crippen molar-refractivity contribution in [3.63, 3.8) is 0 Å². The van der Waals surface area contributed by atoms with Gasteiger partial charge >= 0.3 is 5.97 Å². The normalized spacial score (nSPS) is 19.5. The zero-order chi connectivity index (χ0) is 13.3. The number of likely N-dealkylation sites (N-methyl/N-ethyl adjacent to an activating group) is 1. The lowest BCUT2D eigenvalue weighted by Gasteiger charge is -2.19. The van der Waals surface area contributed by atoms with Gasteiger partial charge in [-0.3, -0.25) is 4.79 Å². The van der Waals surface area contributed by atoms with Gasteiger partial charge in [0.05, 0.1) is 6.33 Å². The minimum atomic E-state index is -1.17. The van der Waals surface area contributed by atoms with E-state index >= 15 is 0 Å². The number of H-pyrrole nitrogens is 1. The van der Waals surface area contributed by atoms with Gasteiger partial charge in [0.25, 0.3) is 5.91 Å². The number of amides is 1. The van der Waals surface area contributed by atoms with Crippen LogP contribution in [0.1, 0.15) is 27.4 Å². The van der Waals surface area contributed by atoms with Gasteiger partial charge in [-0.2, -0.15) is 0 Å².